The fraction of sp³-hybridized carbons (Fsp3) is 0.250. The maximum absolute atomic E-state index is 10.4. The predicted octanol–water partition coefficient (Wildman–Crippen LogP) is 2.33. The van der Waals surface area contributed by atoms with Crippen molar-refractivity contribution < 1.29 is 4.92 Å². The van der Waals surface area contributed by atoms with Crippen molar-refractivity contribution in [1.29, 1.82) is 0 Å². The van der Waals surface area contributed by atoms with Crippen LogP contribution in [0.15, 0.2) is 18.2 Å². The van der Waals surface area contributed by atoms with Gasteiger partial charge in [0.2, 0.25) is 0 Å². The molecule has 12 heavy (non-hydrogen) atoms. The SMILES string of the molecule is Cc1cc(CS)ccc1[N+](=O)[O-]. The highest BCUT2D eigenvalue weighted by Crippen LogP contribution is 2.19. The molecule has 1 rings (SSSR count). The van der Waals surface area contributed by atoms with E-state index in [0.29, 0.717) is 11.3 Å². The zero-order valence-corrected chi connectivity index (χ0v) is 7.54. The van der Waals surface area contributed by atoms with E-state index in [-0.39, 0.29) is 10.6 Å². The molecule has 0 unspecified atom stereocenters. The van der Waals surface area contributed by atoms with Crippen LogP contribution in [0.4, 0.5) is 5.69 Å². The Morgan fingerprint density at radius 1 is 1.58 bits per heavy atom. The summed E-state index contributed by atoms with van der Waals surface area (Å²) >= 11 is 4.07. The second kappa shape index (κ2) is 3.58. The quantitative estimate of drug-likeness (QED) is 0.434. The van der Waals surface area contributed by atoms with Crippen molar-refractivity contribution in [2.45, 2.75) is 12.7 Å². The van der Waals surface area contributed by atoms with Gasteiger partial charge in [0.05, 0.1) is 4.92 Å². The molecule has 0 radical (unpaired) electrons. The lowest BCUT2D eigenvalue weighted by Crippen LogP contribution is -1.92. The van der Waals surface area contributed by atoms with Crippen LogP contribution in [0.5, 0.6) is 0 Å². The molecule has 0 amide bonds. The van der Waals surface area contributed by atoms with Gasteiger partial charge in [-0.3, -0.25) is 10.1 Å². The normalized spacial score (nSPS) is 9.83. The average Bonchev–Trinajstić information content (AvgIpc) is 2.03. The molecule has 64 valence electrons. The van der Waals surface area contributed by atoms with Gasteiger partial charge < -0.3 is 0 Å². The van der Waals surface area contributed by atoms with Gasteiger partial charge in [-0.25, -0.2) is 0 Å². The number of hydrogen-bond acceptors (Lipinski definition) is 3. The molecule has 0 heterocycles. The van der Waals surface area contributed by atoms with Crippen molar-refractivity contribution in [3.05, 3.63) is 39.4 Å². The summed E-state index contributed by atoms with van der Waals surface area (Å²) in [5, 5.41) is 10.4. The van der Waals surface area contributed by atoms with E-state index in [2.05, 4.69) is 12.6 Å². The first-order chi connectivity index (χ1) is 5.65. The number of rotatable bonds is 2. The maximum atomic E-state index is 10.4. The summed E-state index contributed by atoms with van der Waals surface area (Å²) in [6.07, 6.45) is 0. The molecule has 0 bridgehead atoms. The minimum absolute atomic E-state index is 0.167. The Morgan fingerprint density at radius 3 is 2.67 bits per heavy atom. The standard InChI is InChI=1S/C8H9NO2S/c1-6-4-7(5-12)2-3-8(6)9(10)11/h2-4,12H,5H2,1H3. The second-order valence-corrected chi connectivity index (χ2v) is 2.85. The van der Waals surface area contributed by atoms with Crippen molar-refractivity contribution in [3.8, 4) is 0 Å². The Bertz CT molecular complexity index is 312. The third-order valence-corrected chi connectivity index (χ3v) is 2.01. The highest BCUT2D eigenvalue weighted by atomic mass is 32.1. The number of benzene rings is 1. The molecule has 1 aromatic rings. The van der Waals surface area contributed by atoms with E-state index in [1.165, 1.54) is 6.07 Å². The molecule has 4 heteroatoms. The summed E-state index contributed by atoms with van der Waals surface area (Å²) in [5.74, 6) is 0.610. The van der Waals surface area contributed by atoms with Crippen LogP contribution in [0, 0.1) is 17.0 Å². The minimum Gasteiger partial charge on any atom is -0.258 e. The van der Waals surface area contributed by atoms with Gasteiger partial charge in [-0.15, -0.1) is 0 Å². The van der Waals surface area contributed by atoms with Gasteiger partial charge in [0.1, 0.15) is 0 Å². The largest absolute Gasteiger partial charge is 0.272 e. The van der Waals surface area contributed by atoms with Crippen LogP contribution in [0.1, 0.15) is 11.1 Å². The van der Waals surface area contributed by atoms with Gasteiger partial charge in [-0.05, 0) is 18.6 Å². The molecule has 0 aliphatic heterocycles. The van der Waals surface area contributed by atoms with Crippen LogP contribution >= 0.6 is 12.6 Å². The highest BCUT2D eigenvalue weighted by Gasteiger charge is 2.08. The Labute approximate surface area is 76.0 Å². The van der Waals surface area contributed by atoms with Gasteiger partial charge in [0.25, 0.3) is 5.69 Å². The summed E-state index contributed by atoms with van der Waals surface area (Å²) in [6, 6.07) is 5.02. The van der Waals surface area contributed by atoms with Crippen LogP contribution in [-0.2, 0) is 5.75 Å². The third-order valence-electron chi connectivity index (χ3n) is 1.64. The van der Waals surface area contributed by atoms with Crippen LogP contribution in [-0.4, -0.2) is 4.92 Å². The molecule has 0 aromatic heterocycles. The molecular formula is C8H9NO2S. The van der Waals surface area contributed by atoms with Crippen molar-refractivity contribution in [2.75, 3.05) is 0 Å². The smallest absolute Gasteiger partial charge is 0.258 e. The topological polar surface area (TPSA) is 43.1 Å². The van der Waals surface area contributed by atoms with Crippen molar-refractivity contribution in [2.24, 2.45) is 0 Å². The monoisotopic (exact) mass is 183 g/mol. The van der Waals surface area contributed by atoms with E-state index < -0.39 is 0 Å². The molecule has 0 fully saturated rings. The van der Waals surface area contributed by atoms with Gasteiger partial charge >= 0.3 is 0 Å². The lowest BCUT2D eigenvalue weighted by molar-refractivity contribution is -0.385. The number of thiol groups is 1. The van der Waals surface area contributed by atoms with Gasteiger partial charge in [0.15, 0.2) is 0 Å². The highest BCUT2D eigenvalue weighted by molar-refractivity contribution is 7.79. The number of nitrogens with zero attached hydrogens (tertiary/aromatic N) is 1. The predicted molar refractivity (Wildman–Crippen MR) is 50.5 cm³/mol. The molecule has 1 aromatic carbocycles. The Morgan fingerprint density at radius 2 is 2.25 bits per heavy atom. The van der Waals surface area contributed by atoms with E-state index in [1.807, 2.05) is 0 Å². The van der Waals surface area contributed by atoms with Crippen LogP contribution in [0.3, 0.4) is 0 Å². The number of aryl methyl sites for hydroxylation is 1. The van der Waals surface area contributed by atoms with Gasteiger partial charge in [-0.1, -0.05) is 6.07 Å². The lowest BCUT2D eigenvalue weighted by atomic mass is 10.1. The molecule has 0 spiro atoms. The van der Waals surface area contributed by atoms with Crippen LogP contribution in [0.2, 0.25) is 0 Å². The van der Waals surface area contributed by atoms with Crippen LogP contribution < -0.4 is 0 Å². The molecule has 0 N–H and O–H groups in total. The first-order valence-corrected chi connectivity index (χ1v) is 4.13. The molecule has 0 atom stereocenters. The summed E-state index contributed by atoms with van der Waals surface area (Å²) in [5.41, 5.74) is 1.86. The summed E-state index contributed by atoms with van der Waals surface area (Å²) < 4.78 is 0. The number of nitro benzene ring substituents is 1. The maximum Gasteiger partial charge on any atom is 0.272 e. The number of nitro groups is 1. The van der Waals surface area contributed by atoms with E-state index in [0.717, 1.165) is 5.56 Å². The summed E-state index contributed by atoms with van der Waals surface area (Å²) in [4.78, 5) is 10.0. The first-order valence-electron chi connectivity index (χ1n) is 3.50. The minimum atomic E-state index is -0.377. The van der Waals surface area contributed by atoms with Gasteiger partial charge in [0, 0.05) is 17.4 Å². The van der Waals surface area contributed by atoms with E-state index >= 15 is 0 Å². The molecule has 0 saturated carbocycles. The third kappa shape index (κ3) is 1.76. The Balaban J connectivity index is 3.12. The van der Waals surface area contributed by atoms with Crippen LogP contribution in [0.25, 0.3) is 0 Å². The van der Waals surface area contributed by atoms with E-state index in [9.17, 15) is 10.1 Å². The second-order valence-electron chi connectivity index (χ2n) is 2.54. The van der Waals surface area contributed by atoms with E-state index in [1.54, 1.807) is 19.1 Å². The lowest BCUT2D eigenvalue weighted by Gasteiger charge is -1.98. The molecule has 0 aliphatic carbocycles. The van der Waals surface area contributed by atoms with Gasteiger partial charge in [-0.2, -0.15) is 12.6 Å². The zero-order chi connectivity index (χ0) is 9.14. The molecule has 3 nitrogen and oxygen atoms in total. The average molecular weight is 183 g/mol. The summed E-state index contributed by atoms with van der Waals surface area (Å²) in [7, 11) is 0. The molecule has 0 aliphatic rings. The number of hydrogen-bond donors (Lipinski definition) is 1. The summed E-state index contributed by atoms with van der Waals surface area (Å²) in [6.45, 7) is 1.73. The van der Waals surface area contributed by atoms with Crippen molar-refractivity contribution in [3.63, 3.8) is 0 Å². The zero-order valence-electron chi connectivity index (χ0n) is 6.65. The Hall–Kier alpha value is -1.03. The Kier molecular flexibility index (Phi) is 2.70. The van der Waals surface area contributed by atoms with E-state index in [4.69, 9.17) is 0 Å². The molecule has 0 saturated heterocycles. The fourth-order valence-electron chi connectivity index (χ4n) is 1.02. The van der Waals surface area contributed by atoms with Crippen molar-refractivity contribution >= 4 is 18.3 Å². The van der Waals surface area contributed by atoms with Crippen molar-refractivity contribution in [1.82, 2.24) is 0 Å². The fourth-order valence-corrected chi connectivity index (χ4v) is 1.22. The molecular weight excluding hydrogens is 174 g/mol. The first kappa shape index (κ1) is 9.06.